The Morgan fingerprint density at radius 1 is 1.10 bits per heavy atom. The van der Waals surface area contributed by atoms with Crippen LogP contribution in [-0.2, 0) is 0 Å². The van der Waals surface area contributed by atoms with E-state index in [-0.39, 0.29) is 17.5 Å². The number of rotatable bonds is 3. The molecule has 3 N–H and O–H groups in total. The maximum Gasteiger partial charge on any atom is 0.121 e. The van der Waals surface area contributed by atoms with Gasteiger partial charge in [-0.3, -0.25) is 0 Å². The maximum atomic E-state index is 9.90. The topological polar surface area (TPSA) is 52.5 Å². The van der Waals surface area contributed by atoms with Gasteiger partial charge in [-0.1, -0.05) is 6.07 Å². The summed E-state index contributed by atoms with van der Waals surface area (Å²) in [6.07, 6.45) is 0. The van der Waals surface area contributed by atoms with Crippen LogP contribution in [0.2, 0.25) is 0 Å². The fraction of sp³-hybridized carbons (Fsp3) is 0.250. The Bertz CT molecular complexity index is 617. The first-order valence-corrected chi connectivity index (χ1v) is 7.23. The van der Waals surface area contributed by atoms with Crippen molar-refractivity contribution in [3.8, 4) is 11.5 Å². The molecule has 106 valence electrons. The molecule has 0 bridgehead atoms. The monoisotopic (exact) mass is 335 g/mol. The van der Waals surface area contributed by atoms with Crippen molar-refractivity contribution in [2.24, 2.45) is 0 Å². The molecule has 0 radical (unpaired) electrons. The summed E-state index contributed by atoms with van der Waals surface area (Å²) in [6, 6.07) is 8.56. The van der Waals surface area contributed by atoms with E-state index in [4.69, 9.17) is 0 Å². The van der Waals surface area contributed by atoms with Crippen LogP contribution in [0.5, 0.6) is 11.5 Å². The number of hydrogen-bond donors (Lipinski definition) is 3. The predicted octanol–water partition coefficient (Wildman–Crippen LogP) is 4.65. The van der Waals surface area contributed by atoms with Crippen LogP contribution in [0.25, 0.3) is 0 Å². The van der Waals surface area contributed by atoms with E-state index in [1.54, 1.807) is 6.07 Å². The molecule has 0 saturated carbocycles. The van der Waals surface area contributed by atoms with Gasteiger partial charge in [-0.05, 0) is 72.1 Å². The summed E-state index contributed by atoms with van der Waals surface area (Å²) in [5.41, 5.74) is 3.97. The number of phenols is 2. The lowest BCUT2D eigenvalue weighted by molar-refractivity contribution is 0.451. The molecule has 0 spiro atoms. The molecule has 0 aliphatic heterocycles. The van der Waals surface area contributed by atoms with E-state index in [9.17, 15) is 10.2 Å². The van der Waals surface area contributed by atoms with E-state index in [0.29, 0.717) is 5.56 Å². The van der Waals surface area contributed by atoms with Gasteiger partial charge >= 0.3 is 0 Å². The highest BCUT2D eigenvalue weighted by atomic mass is 79.9. The van der Waals surface area contributed by atoms with Crippen LogP contribution in [-0.4, -0.2) is 10.2 Å². The summed E-state index contributed by atoms with van der Waals surface area (Å²) in [7, 11) is 0. The van der Waals surface area contributed by atoms with Gasteiger partial charge in [0.25, 0.3) is 0 Å². The minimum atomic E-state index is -0.125. The molecule has 20 heavy (non-hydrogen) atoms. The second kappa shape index (κ2) is 5.75. The first-order chi connectivity index (χ1) is 9.38. The van der Waals surface area contributed by atoms with Gasteiger partial charge in [-0.15, -0.1) is 0 Å². The van der Waals surface area contributed by atoms with Gasteiger partial charge in [0, 0.05) is 10.0 Å². The third-order valence-electron chi connectivity index (χ3n) is 3.27. The van der Waals surface area contributed by atoms with Gasteiger partial charge in [-0.2, -0.15) is 0 Å². The Labute approximate surface area is 127 Å². The SMILES string of the molecule is Cc1cc(C)c(NC(C)c2cc(O)ccc2O)c(Br)c1. The molecule has 2 aromatic carbocycles. The quantitative estimate of drug-likeness (QED) is 0.715. The second-order valence-electron chi connectivity index (χ2n) is 5.05. The molecule has 3 nitrogen and oxygen atoms in total. The van der Waals surface area contributed by atoms with E-state index in [2.05, 4.69) is 27.3 Å². The van der Waals surface area contributed by atoms with Crippen molar-refractivity contribution in [3.05, 3.63) is 51.5 Å². The molecule has 2 aromatic rings. The summed E-state index contributed by atoms with van der Waals surface area (Å²) < 4.78 is 0.987. The minimum absolute atomic E-state index is 0.125. The van der Waals surface area contributed by atoms with Crippen LogP contribution in [0.15, 0.2) is 34.8 Å². The van der Waals surface area contributed by atoms with Crippen molar-refractivity contribution in [3.63, 3.8) is 0 Å². The van der Waals surface area contributed by atoms with Crippen LogP contribution in [0.1, 0.15) is 29.7 Å². The Morgan fingerprint density at radius 2 is 1.80 bits per heavy atom. The lowest BCUT2D eigenvalue weighted by Crippen LogP contribution is -2.08. The summed E-state index contributed by atoms with van der Waals surface area (Å²) in [6.45, 7) is 6.03. The molecule has 0 aromatic heterocycles. The summed E-state index contributed by atoms with van der Waals surface area (Å²) in [5, 5.41) is 22.8. The van der Waals surface area contributed by atoms with Crippen molar-refractivity contribution in [2.45, 2.75) is 26.8 Å². The number of halogens is 1. The zero-order chi connectivity index (χ0) is 14.9. The van der Waals surface area contributed by atoms with Crippen LogP contribution in [0.4, 0.5) is 5.69 Å². The zero-order valence-electron chi connectivity index (χ0n) is 11.7. The maximum absolute atomic E-state index is 9.90. The Morgan fingerprint density at radius 3 is 2.45 bits per heavy atom. The number of benzene rings is 2. The number of phenolic OH excluding ortho intramolecular Hbond substituents is 2. The number of hydrogen-bond acceptors (Lipinski definition) is 3. The van der Waals surface area contributed by atoms with Crippen LogP contribution in [0, 0.1) is 13.8 Å². The second-order valence-corrected chi connectivity index (χ2v) is 5.90. The zero-order valence-corrected chi connectivity index (χ0v) is 13.3. The third kappa shape index (κ3) is 3.07. The van der Waals surface area contributed by atoms with E-state index < -0.39 is 0 Å². The van der Waals surface area contributed by atoms with Crippen LogP contribution >= 0.6 is 15.9 Å². The molecule has 2 rings (SSSR count). The lowest BCUT2D eigenvalue weighted by Gasteiger charge is -2.20. The molecule has 0 heterocycles. The number of anilines is 1. The van der Waals surface area contributed by atoms with E-state index in [0.717, 1.165) is 15.7 Å². The molecule has 1 unspecified atom stereocenters. The van der Waals surface area contributed by atoms with Gasteiger partial charge in [-0.25, -0.2) is 0 Å². The van der Waals surface area contributed by atoms with Gasteiger partial charge in [0.15, 0.2) is 0 Å². The van der Waals surface area contributed by atoms with Gasteiger partial charge in [0.1, 0.15) is 11.5 Å². The molecule has 0 fully saturated rings. The Balaban J connectivity index is 2.32. The van der Waals surface area contributed by atoms with Crippen LogP contribution in [0.3, 0.4) is 0 Å². The molecular weight excluding hydrogens is 318 g/mol. The lowest BCUT2D eigenvalue weighted by atomic mass is 10.0. The van der Waals surface area contributed by atoms with Crippen molar-refractivity contribution in [1.29, 1.82) is 0 Å². The number of aromatic hydroxyl groups is 2. The number of nitrogens with one attached hydrogen (secondary N) is 1. The average Bonchev–Trinajstić information content (AvgIpc) is 2.36. The van der Waals surface area contributed by atoms with Crippen molar-refractivity contribution in [2.75, 3.05) is 5.32 Å². The first-order valence-electron chi connectivity index (χ1n) is 6.43. The van der Waals surface area contributed by atoms with Crippen molar-refractivity contribution in [1.82, 2.24) is 0 Å². The van der Waals surface area contributed by atoms with E-state index >= 15 is 0 Å². The third-order valence-corrected chi connectivity index (χ3v) is 3.90. The van der Waals surface area contributed by atoms with Crippen LogP contribution < -0.4 is 5.32 Å². The largest absolute Gasteiger partial charge is 0.508 e. The molecular formula is C16H18BrNO2. The standard InChI is InChI=1S/C16H18BrNO2/c1-9-6-10(2)16(14(17)7-9)18-11(3)13-8-12(19)4-5-15(13)20/h4-8,11,18-20H,1-3H3. The average molecular weight is 336 g/mol. The smallest absolute Gasteiger partial charge is 0.121 e. The highest BCUT2D eigenvalue weighted by Gasteiger charge is 2.14. The summed E-state index contributed by atoms with van der Waals surface area (Å²) >= 11 is 3.56. The van der Waals surface area contributed by atoms with Gasteiger partial charge in [0.2, 0.25) is 0 Å². The van der Waals surface area contributed by atoms with E-state index in [1.807, 2.05) is 26.8 Å². The molecule has 0 saturated heterocycles. The van der Waals surface area contributed by atoms with E-state index in [1.165, 1.54) is 17.7 Å². The van der Waals surface area contributed by atoms with Crippen molar-refractivity contribution >= 4 is 21.6 Å². The minimum Gasteiger partial charge on any atom is -0.508 e. The summed E-state index contributed by atoms with van der Waals surface area (Å²) in [4.78, 5) is 0. The first kappa shape index (κ1) is 14.7. The number of aryl methyl sites for hydroxylation is 2. The molecule has 4 heteroatoms. The van der Waals surface area contributed by atoms with Gasteiger partial charge in [0.05, 0.1) is 11.7 Å². The Hall–Kier alpha value is -1.68. The normalized spacial score (nSPS) is 12.2. The molecule has 1 atom stereocenters. The fourth-order valence-electron chi connectivity index (χ4n) is 2.28. The molecule has 0 aliphatic rings. The Kier molecular flexibility index (Phi) is 4.23. The highest BCUT2D eigenvalue weighted by Crippen LogP contribution is 2.34. The fourth-order valence-corrected chi connectivity index (χ4v) is 3.07. The molecule has 0 amide bonds. The van der Waals surface area contributed by atoms with Gasteiger partial charge < -0.3 is 15.5 Å². The molecule has 0 aliphatic carbocycles. The highest BCUT2D eigenvalue weighted by molar-refractivity contribution is 9.10. The summed E-state index contributed by atoms with van der Waals surface area (Å²) in [5.74, 6) is 0.315. The predicted molar refractivity (Wildman–Crippen MR) is 85.4 cm³/mol. The van der Waals surface area contributed by atoms with Crippen molar-refractivity contribution < 1.29 is 10.2 Å².